The van der Waals surface area contributed by atoms with Gasteiger partial charge in [-0.2, -0.15) is 0 Å². The maximum Gasteiger partial charge on any atom is 0.0361 e. The summed E-state index contributed by atoms with van der Waals surface area (Å²) in [4.78, 5) is 0. The molecule has 1 heteroatoms. The third-order valence-corrected chi connectivity index (χ3v) is 5.40. The van der Waals surface area contributed by atoms with Crippen molar-refractivity contribution in [1.29, 1.82) is 0 Å². The zero-order valence-electron chi connectivity index (χ0n) is 11.1. The van der Waals surface area contributed by atoms with Gasteiger partial charge < -0.3 is 0 Å². The molecule has 94 valence electrons. The van der Waals surface area contributed by atoms with Crippen molar-refractivity contribution in [2.75, 3.05) is 0 Å². The summed E-state index contributed by atoms with van der Waals surface area (Å²) in [6, 6.07) is 20.2. The topological polar surface area (TPSA) is 0 Å². The average Bonchev–Trinajstić information content (AvgIpc) is 2.85. The lowest BCUT2D eigenvalue weighted by Crippen LogP contribution is -1.82. The van der Waals surface area contributed by atoms with Crippen LogP contribution in [0.25, 0.3) is 41.7 Å². The van der Waals surface area contributed by atoms with Crippen molar-refractivity contribution in [3.8, 4) is 0 Å². The molecule has 0 atom stereocenters. The van der Waals surface area contributed by atoms with E-state index in [0.717, 1.165) is 0 Å². The maximum atomic E-state index is 2.32. The van der Waals surface area contributed by atoms with Gasteiger partial charge in [-0.25, -0.2) is 0 Å². The van der Waals surface area contributed by atoms with E-state index in [1.807, 2.05) is 11.3 Å². The van der Waals surface area contributed by atoms with Crippen LogP contribution in [-0.2, 0) is 0 Å². The molecule has 0 unspecified atom stereocenters. The molecule has 0 nitrogen and oxygen atoms in total. The van der Waals surface area contributed by atoms with Gasteiger partial charge in [0.05, 0.1) is 0 Å². The molecule has 0 radical (unpaired) electrons. The van der Waals surface area contributed by atoms with Crippen LogP contribution in [0.2, 0.25) is 0 Å². The molecular weight excluding hydrogens is 260 g/mol. The highest BCUT2D eigenvalue weighted by molar-refractivity contribution is 7.26. The Labute approximate surface area is 120 Å². The van der Waals surface area contributed by atoms with E-state index in [1.54, 1.807) is 0 Å². The highest BCUT2D eigenvalue weighted by atomic mass is 32.1. The van der Waals surface area contributed by atoms with Crippen LogP contribution >= 0.6 is 11.3 Å². The number of thiophene rings is 1. The highest BCUT2D eigenvalue weighted by Crippen LogP contribution is 2.44. The van der Waals surface area contributed by atoms with Gasteiger partial charge in [0.25, 0.3) is 0 Å². The summed E-state index contributed by atoms with van der Waals surface area (Å²) in [6.07, 6.45) is 0. The fraction of sp³-hybridized carbons (Fsp3) is 0.0526. The summed E-state index contributed by atoms with van der Waals surface area (Å²) in [5, 5.41) is 8.43. The standard InChI is InChI=1S/C19H12S/c1-11-8-9-12-13-4-2-6-16-18(13)19-14(15(12)10-11)5-3-7-17(19)20-16/h2-10H,1H3. The second-order valence-electron chi connectivity index (χ2n) is 5.51. The number of fused-ring (bicyclic) bond motifs is 3. The fourth-order valence-corrected chi connectivity index (χ4v) is 4.59. The minimum atomic E-state index is 1.33. The Balaban J connectivity index is 2.30. The van der Waals surface area contributed by atoms with Crippen molar-refractivity contribution in [1.82, 2.24) is 0 Å². The lowest BCUT2D eigenvalue weighted by Gasteiger charge is -2.09. The SMILES string of the molecule is Cc1ccc2c(c1)c1cccc3sc4cccc2c4c31. The molecule has 0 fully saturated rings. The summed E-state index contributed by atoms with van der Waals surface area (Å²) in [5.41, 5.74) is 1.33. The van der Waals surface area contributed by atoms with Gasteiger partial charge in [-0.15, -0.1) is 11.3 Å². The molecule has 0 amide bonds. The molecule has 5 aromatic rings. The first-order chi connectivity index (χ1) is 9.83. The van der Waals surface area contributed by atoms with E-state index in [0.29, 0.717) is 0 Å². The van der Waals surface area contributed by atoms with Crippen molar-refractivity contribution in [3.63, 3.8) is 0 Å². The molecule has 0 spiro atoms. The van der Waals surface area contributed by atoms with Gasteiger partial charge in [0.1, 0.15) is 0 Å². The Hall–Kier alpha value is -2.12. The van der Waals surface area contributed by atoms with Crippen LogP contribution in [0.5, 0.6) is 0 Å². The minimum Gasteiger partial charge on any atom is -0.135 e. The molecule has 4 aromatic carbocycles. The summed E-state index contributed by atoms with van der Waals surface area (Å²) in [6.45, 7) is 2.17. The van der Waals surface area contributed by atoms with E-state index < -0.39 is 0 Å². The molecule has 1 aromatic heterocycles. The van der Waals surface area contributed by atoms with Gasteiger partial charge in [0.15, 0.2) is 0 Å². The zero-order valence-corrected chi connectivity index (χ0v) is 11.9. The Bertz CT molecular complexity index is 1100. The molecule has 0 aliphatic carbocycles. The number of benzene rings is 4. The first-order valence-electron chi connectivity index (χ1n) is 6.88. The molecular formula is C19H12S. The molecule has 0 bridgehead atoms. The first-order valence-corrected chi connectivity index (χ1v) is 7.70. The van der Waals surface area contributed by atoms with Crippen LogP contribution < -0.4 is 0 Å². The predicted octanol–water partition coefficient (Wildman–Crippen LogP) is 6.11. The van der Waals surface area contributed by atoms with E-state index in [2.05, 4.69) is 61.5 Å². The van der Waals surface area contributed by atoms with Crippen molar-refractivity contribution < 1.29 is 0 Å². The maximum absolute atomic E-state index is 2.32. The Kier molecular flexibility index (Phi) is 1.86. The van der Waals surface area contributed by atoms with Crippen LogP contribution in [0, 0.1) is 6.92 Å². The van der Waals surface area contributed by atoms with Gasteiger partial charge in [0, 0.05) is 20.2 Å². The lowest BCUT2D eigenvalue weighted by atomic mass is 9.93. The van der Waals surface area contributed by atoms with Crippen LogP contribution in [0.4, 0.5) is 0 Å². The fourth-order valence-electron chi connectivity index (χ4n) is 3.43. The van der Waals surface area contributed by atoms with E-state index in [1.165, 1.54) is 47.3 Å². The van der Waals surface area contributed by atoms with Crippen LogP contribution in [0.15, 0.2) is 54.6 Å². The summed E-state index contributed by atoms with van der Waals surface area (Å²) >= 11 is 1.90. The Morgan fingerprint density at radius 1 is 0.650 bits per heavy atom. The normalized spacial score (nSPS) is 12.2. The average molecular weight is 272 g/mol. The van der Waals surface area contributed by atoms with Crippen LogP contribution in [0.1, 0.15) is 5.56 Å². The van der Waals surface area contributed by atoms with Crippen LogP contribution in [-0.4, -0.2) is 0 Å². The highest BCUT2D eigenvalue weighted by Gasteiger charge is 2.14. The molecule has 0 saturated heterocycles. The van der Waals surface area contributed by atoms with E-state index >= 15 is 0 Å². The van der Waals surface area contributed by atoms with Crippen molar-refractivity contribution in [2.45, 2.75) is 6.92 Å². The molecule has 0 aliphatic rings. The van der Waals surface area contributed by atoms with Gasteiger partial charge in [-0.05, 0) is 40.6 Å². The molecule has 1 heterocycles. The predicted molar refractivity (Wildman–Crippen MR) is 90.3 cm³/mol. The number of hydrogen-bond acceptors (Lipinski definition) is 1. The quantitative estimate of drug-likeness (QED) is 0.298. The number of hydrogen-bond donors (Lipinski definition) is 0. The third-order valence-electron chi connectivity index (χ3n) is 4.28. The largest absolute Gasteiger partial charge is 0.135 e. The Morgan fingerprint density at radius 3 is 2.00 bits per heavy atom. The van der Waals surface area contributed by atoms with Gasteiger partial charge in [0.2, 0.25) is 0 Å². The summed E-state index contributed by atoms with van der Waals surface area (Å²) < 4.78 is 2.80. The van der Waals surface area contributed by atoms with Crippen molar-refractivity contribution in [2.24, 2.45) is 0 Å². The van der Waals surface area contributed by atoms with E-state index in [9.17, 15) is 0 Å². The van der Waals surface area contributed by atoms with E-state index in [4.69, 9.17) is 0 Å². The number of rotatable bonds is 0. The molecule has 20 heavy (non-hydrogen) atoms. The minimum absolute atomic E-state index is 1.33. The van der Waals surface area contributed by atoms with Gasteiger partial charge in [-0.3, -0.25) is 0 Å². The second-order valence-corrected chi connectivity index (χ2v) is 6.59. The zero-order chi connectivity index (χ0) is 13.3. The third kappa shape index (κ3) is 1.17. The summed E-state index contributed by atoms with van der Waals surface area (Å²) in [7, 11) is 0. The Morgan fingerprint density at radius 2 is 1.30 bits per heavy atom. The van der Waals surface area contributed by atoms with Gasteiger partial charge >= 0.3 is 0 Å². The smallest absolute Gasteiger partial charge is 0.0361 e. The molecule has 0 saturated carbocycles. The van der Waals surface area contributed by atoms with Crippen molar-refractivity contribution in [3.05, 3.63) is 60.2 Å². The first kappa shape index (κ1) is 10.6. The van der Waals surface area contributed by atoms with Crippen molar-refractivity contribution >= 4 is 53.1 Å². The summed E-state index contributed by atoms with van der Waals surface area (Å²) in [5.74, 6) is 0. The molecule has 0 aliphatic heterocycles. The molecule has 5 rings (SSSR count). The van der Waals surface area contributed by atoms with Crippen LogP contribution in [0.3, 0.4) is 0 Å². The number of aryl methyl sites for hydroxylation is 1. The van der Waals surface area contributed by atoms with E-state index in [-0.39, 0.29) is 0 Å². The monoisotopic (exact) mass is 272 g/mol. The molecule has 0 N–H and O–H groups in total. The second kappa shape index (κ2) is 3.50. The van der Waals surface area contributed by atoms with Gasteiger partial charge in [-0.1, -0.05) is 48.0 Å². The lowest BCUT2D eigenvalue weighted by molar-refractivity contribution is 1.51.